The molecule has 0 aliphatic carbocycles. The van der Waals surface area contributed by atoms with E-state index in [9.17, 15) is 28.6 Å². The van der Waals surface area contributed by atoms with Crippen molar-refractivity contribution in [2.45, 2.75) is 52.9 Å². The average molecular weight is 437 g/mol. The SMILES string of the molecule is Cc1cc(NC(=O)c2c(C)c(C(O)C(=O)NCC(C)(C)O)n(CCF)c2C)ccc1F. The van der Waals surface area contributed by atoms with Gasteiger partial charge in [0.2, 0.25) is 0 Å². The summed E-state index contributed by atoms with van der Waals surface area (Å²) in [5.74, 6) is -1.70. The molecule has 0 bridgehead atoms. The Kier molecular flexibility index (Phi) is 7.56. The summed E-state index contributed by atoms with van der Waals surface area (Å²) in [7, 11) is 0. The van der Waals surface area contributed by atoms with Gasteiger partial charge in [-0.1, -0.05) is 0 Å². The van der Waals surface area contributed by atoms with Gasteiger partial charge in [0.25, 0.3) is 11.8 Å². The van der Waals surface area contributed by atoms with Gasteiger partial charge in [0.1, 0.15) is 12.5 Å². The number of alkyl halides is 1. The van der Waals surface area contributed by atoms with Crippen LogP contribution < -0.4 is 10.6 Å². The molecule has 0 saturated heterocycles. The van der Waals surface area contributed by atoms with E-state index in [1.807, 2.05) is 0 Å². The Morgan fingerprint density at radius 2 is 1.87 bits per heavy atom. The van der Waals surface area contributed by atoms with E-state index in [0.717, 1.165) is 0 Å². The zero-order valence-electron chi connectivity index (χ0n) is 18.3. The smallest absolute Gasteiger partial charge is 0.257 e. The van der Waals surface area contributed by atoms with E-state index < -0.39 is 36.0 Å². The molecule has 2 amide bonds. The van der Waals surface area contributed by atoms with Crippen LogP contribution in [0.5, 0.6) is 0 Å². The van der Waals surface area contributed by atoms with Gasteiger partial charge in [-0.25, -0.2) is 8.78 Å². The van der Waals surface area contributed by atoms with Gasteiger partial charge in [0, 0.05) is 17.9 Å². The van der Waals surface area contributed by atoms with E-state index in [4.69, 9.17) is 0 Å². The van der Waals surface area contributed by atoms with Crippen molar-refractivity contribution < 1.29 is 28.6 Å². The van der Waals surface area contributed by atoms with Gasteiger partial charge in [-0.05, 0) is 63.9 Å². The van der Waals surface area contributed by atoms with Crippen LogP contribution in [0.15, 0.2) is 18.2 Å². The molecule has 0 spiro atoms. The van der Waals surface area contributed by atoms with Crippen molar-refractivity contribution in [1.82, 2.24) is 9.88 Å². The van der Waals surface area contributed by atoms with Gasteiger partial charge in [0.05, 0.1) is 23.4 Å². The van der Waals surface area contributed by atoms with Crippen LogP contribution in [0.25, 0.3) is 0 Å². The minimum atomic E-state index is -1.66. The number of hydrogen-bond donors (Lipinski definition) is 4. The predicted octanol–water partition coefficient (Wildman–Crippen LogP) is 2.69. The third-order valence-electron chi connectivity index (χ3n) is 4.97. The van der Waals surface area contributed by atoms with Crippen LogP contribution in [0.3, 0.4) is 0 Å². The number of anilines is 1. The van der Waals surface area contributed by atoms with Gasteiger partial charge in [-0.2, -0.15) is 0 Å². The van der Waals surface area contributed by atoms with Crippen LogP contribution in [-0.2, 0) is 11.3 Å². The number of carbonyl (C=O) groups excluding carboxylic acids is 2. The number of aliphatic hydroxyl groups excluding tert-OH is 1. The first kappa shape index (κ1) is 24.5. The van der Waals surface area contributed by atoms with Crippen LogP contribution in [0, 0.1) is 26.6 Å². The molecule has 0 aliphatic rings. The maximum Gasteiger partial charge on any atom is 0.257 e. The molecule has 0 aliphatic heterocycles. The van der Waals surface area contributed by atoms with Crippen molar-refractivity contribution >= 4 is 17.5 Å². The first-order valence-corrected chi connectivity index (χ1v) is 9.88. The Morgan fingerprint density at radius 3 is 2.42 bits per heavy atom. The van der Waals surface area contributed by atoms with Crippen LogP contribution in [0.2, 0.25) is 0 Å². The van der Waals surface area contributed by atoms with Crippen molar-refractivity contribution in [1.29, 1.82) is 0 Å². The second-order valence-corrected chi connectivity index (χ2v) is 8.16. The minimum Gasteiger partial charge on any atom is -0.389 e. The van der Waals surface area contributed by atoms with Gasteiger partial charge in [-0.15, -0.1) is 0 Å². The van der Waals surface area contributed by atoms with Crippen LogP contribution in [-0.4, -0.2) is 45.4 Å². The average Bonchev–Trinajstić information content (AvgIpc) is 2.92. The number of rotatable bonds is 8. The summed E-state index contributed by atoms with van der Waals surface area (Å²) in [6, 6.07) is 4.14. The zero-order chi connectivity index (χ0) is 23.5. The van der Waals surface area contributed by atoms with Gasteiger partial charge in [-0.3, -0.25) is 9.59 Å². The molecule has 7 nitrogen and oxygen atoms in total. The lowest BCUT2D eigenvalue weighted by atomic mass is 10.1. The monoisotopic (exact) mass is 437 g/mol. The van der Waals surface area contributed by atoms with Crippen LogP contribution in [0.1, 0.15) is 52.8 Å². The number of carbonyl (C=O) groups is 2. The van der Waals surface area contributed by atoms with Gasteiger partial charge >= 0.3 is 0 Å². The highest BCUT2D eigenvalue weighted by molar-refractivity contribution is 6.06. The zero-order valence-corrected chi connectivity index (χ0v) is 18.3. The van der Waals surface area contributed by atoms with E-state index >= 15 is 0 Å². The van der Waals surface area contributed by atoms with E-state index in [0.29, 0.717) is 22.5 Å². The summed E-state index contributed by atoms with van der Waals surface area (Å²) >= 11 is 0. The number of nitrogens with zero attached hydrogens (tertiary/aromatic N) is 1. The third-order valence-corrected chi connectivity index (χ3v) is 4.97. The van der Waals surface area contributed by atoms with Gasteiger partial charge < -0.3 is 25.4 Å². The number of hydrogen-bond acceptors (Lipinski definition) is 4. The topological polar surface area (TPSA) is 104 Å². The Hall–Kier alpha value is -2.78. The molecular formula is C22H29F2N3O4. The number of halogens is 2. The number of nitrogens with one attached hydrogen (secondary N) is 2. The Balaban J connectivity index is 2.40. The van der Waals surface area contributed by atoms with Crippen molar-refractivity contribution in [2.24, 2.45) is 0 Å². The molecule has 4 N–H and O–H groups in total. The molecule has 31 heavy (non-hydrogen) atoms. The highest BCUT2D eigenvalue weighted by Crippen LogP contribution is 2.29. The number of amides is 2. The first-order valence-electron chi connectivity index (χ1n) is 9.88. The lowest BCUT2D eigenvalue weighted by Gasteiger charge is -2.20. The highest BCUT2D eigenvalue weighted by Gasteiger charge is 2.30. The summed E-state index contributed by atoms with van der Waals surface area (Å²) < 4.78 is 28.1. The lowest BCUT2D eigenvalue weighted by molar-refractivity contribution is -0.131. The van der Waals surface area contributed by atoms with E-state index in [-0.39, 0.29) is 24.3 Å². The van der Waals surface area contributed by atoms with Crippen molar-refractivity contribution in [3.05, 3.63) is 52.1 Å². The molecule has 0 fully saturated rings. The molecule has 1 heterocycles. The molecule has 170 valence electrons. The third kappa shape index (κ3) is 5.68. The fourth-order valence-corrected chi connectivity index (χ4v) is 3.42. The Morgan fingerprint density at radius 1 is 1.23 bits per heavy atom. The number of benzene rings is 1. The second-order valence-electron chi connectivity index (χ2n) is 8.16. The summed E-state index contributed by atoms with van der Waals surface area (Å²) in [6.07, 6.45) is -1.66. The van der Waals surface area contributed by atoms with Crippen molar-refractivity contribution in [2.75, 3.05) is 18.5 Å². The van der Waals surface area contributed by atoms with Crippen LogP contribution >= 0.6 is 0 Å². The summed E-state index contributed by atoms with van der Waals surface area (Å²) in [5.41, 5.74) is 0.569. The second kappa shape index (κ2) is 9.57. The Bertz CT molecular complexity index is 980. The van der Waals surface area contributed by atoms with E-state index in [1.165, 1.54) is 36.6 Å². The van der Waals surface area contributed by atoms with Gasteiger partial charge in [0.15, 0.2) is 6.10 Å². The maximum atomic E-state index is 13.5. The summed E-state index contributed by atoms with van der Waals surface area (Å²) in [5, 5.41) is 25.5. The fourth-order valence-electron chi connectivity index (χ4n) is 3.42. The van der Waals surface area contributed by atoms with E-state index in [2.05, 4.69) is 10.6 Å². The molecular weight excluding hydrogens is 408 g/mol. The summed E-state index contributed by atoms with van der Waals surface area (Å²) in [4.78, 5) is 25.4. The number of aromatic nitrogens is 1. The normalized spacial score (nSPS) is 12.5. The lowest BCUT2D eigenvalue weighted by Crippen LogP contribution is -2.40. The molecule has 0 radical (unpaired) electrons. The molecule has 2 rings (SSSR count). The Labute approximate surface area is 180 Å². The minimum absolute atomic E-state index is 0.0952. The molecule has 0 saturated carbocycles. The summed E-state index contributed by atoms with van der Waals surface area (Å²) in [6.45, 7) is 6.72. The molecule has 1 unspecified atom stereocenters. The largest absolute Gasteiger partial charge is 0.389 e. The molecule has 1 aromatic heterocycles. The maximum absolute atomic E-state index is 13.5. The molecule has 1 aromatic carbocycles. The highest BCUT2D eigenvalue weighted by atomic mass is 19.1. The number of aryl methyl sites for hydroxylation is 1. The quantitative estimate of drug-likeness (QED) is 0.510. The standard InChI is InChI=1S/C22H29F2N3O4/c1-12-10-15(6-7-16(12)24)26-20(29)17-13(2)18(27(9-8-23)14(17)3)19(28)21(30)25-11-22(4,5)31/h6-7,10,19,28,31H,8-9,11H2,1-5H3,(H,25,30)(H,26,29). The van der Waals surface area contributed by atoms with Crippen molar-refractivity contribution in [3.8, 4) is 0 Å². The van der Waals surface area contributed by atoms with Crippen LogP contribution in [0.4, 0.5) is 14.5 Å². The molecule has 9 heteroatoms. The predicted molar refractivity (Wildman–Crippen MR) is 113 cm³/mol. The van der Waals surface area contributed by atoms with E-state index in [1.54, 1.807) is 20.8 Å². The van der Waals surface area contributed by atoms with Crippen molar-refractivity contribution in [3.63, 3.8) is 0 Å². The molecule has 1 atom stereocenters. The molecule has 2 aromatic rings. The first-order chi connectivity index (χ1) is 14.4. The number of aliphatic hydroxyl groups is 2. The fraction of sp³-hybridized carbons (Fsp3) is 0.455.